The molecular formula is C12H21NO3. The monoisotopic (exact) mass is 227 g/mol. The van der Waals surface area contributed by atoms with Crippen LogP contribution in [0.5, 0.6) is 0 Å². The molecule has 1 unspecified atom stereocenters. The lowest BCUT2D eigenvalue weighted by atomic mass is 10.1. The average molecular weight is 227 g/mol. The Morgan fingerprint density at radius 1 is 1.50 bits per heavy atom. The Hall–Kier alpha value is -1.06. The van der Waals surface area contributed by atoms with Crippen LogP contribution in [0.1, 0.15) is 41.0 Å². The number of aliphatic carboxylic acids is 1. The number of oxime groups is 1. The fourth-order valence-corrected chi connectivity index (χ4v) is 2.17. The van der Waals surface area contributed by atoms with E-state index < -0.39 is 5.97 Å². The summed E-state index contributed by atoms with van der Waals surface area (Å²) in [5.41, 5.74) is 0.760. The molecule has 16 heavy (non-hydrogen) atoms. The van der Waals surface area contributed by atoms with Crippen LogP contribution in [0.15, 0.2) is 5.16 Å². The van der Waals surface area contributed by atoms with E-state index in [4.69, 9.17) is 9.94 Å². The zero-order valence-corrected chi connectivity index (χ0v) is 10.7. The molecule has 1 aliphatic carbocycles. The van der Waals surface area contributed by atoms with E-state index in [1.54, 1.807) is 0 Å². The third kappa shape index (κ3) is 2.74. The topological polar surface area (TPSA) is 58.9 Å². The van der Waals surface area contributed by atoms with Crippen LogP contribution < -0.4 is 0 Å². The zero-order chi connectivity index (χ0) is 12.5. The van der Waals surface area contributed by atoms with Gasteiger partial charge in [-0.2, -0.15) is 0 Å². The van der Waals surface area contributed by atoms with Crippen LogP contribution in [0.25, 0.3) is 0 Å². The van der Waals surface area contributed by atoms with Gasteiger partial charge in [0.05, 0.1) is 11.6 Å². The quantitative estimate of drug-likeness (QED) is 0.580. The molecular weight excluding hydrogens is 206 g/mol. The second-order valence-corrected chi connectivity index (χ2v) is 5.43. The summed E-state index contributed by atoms with van der Waals surface area (Å²) in [6.07, 6.45) is 0.772. The first-order valence-corrected chi connectivity index (χ1v) is 5.69. The van der Waals surface area contributed by atoms with Crippen molar-refractivity contribution < 1.29 is 14.7 Å². The fourth-order valence-electron chi connectivity index (χ4n) is 2.17. The van der Waals surface area contributed by atoms with Gasteiger partial charge in [-0.15, -0.1) is 0 Å². The number of rotatable bonds is 5. The lowest BCUT2D eigenvalue weighted by Crippen LogP contribution is -2.04. The third-order valence-corrected chi connectivity index (χ3v) is 3.25. The molecule has 0 radical (unpaired) electrons. The van der Waals surface area contributed by atoms with Crippen molar-refractivity contribution in [1.29, 1.82) is 0 Å². The van der Waals surface area contributed by atoms with Crippen LogP contribution in [-0.2, 0) is 9.63 Å². The molecule has 0 aliphatic heterocycles. The van der Waals surface area contributed by atoms with Gasteiger partial charge in [-0.25, -0.2) is 0 Å². The molecule has 1 aliphatic rings. The molecule has 1 fully saturated rings. The fraction of sp³-hybridized carbons (Fsp3) is 0.833. The smallest absolute Gasteiger partial charge is 0.307 e. The second kappa shape index (κ2) is 4.44. The summed E-state index contributed by atoms with van der Waals surface area (Å²) in [4.78, 5) is 16.1. The first-order valence-electron chi connectivity index (χ1n) is 5.69. The van der Waals surface area contributed by atoms with Crippen molar-refractivity contribution in [3.05, 3.63) is 0 Å². The van der Waals surface area contributed by atoms with Gasteiger partial charge in [0.1, 0.15) is 6.10 Å². The van der Waals surface area contributed by atoms with Crippen LogP contribution in [0, 0.1) is 17.3 Å². The molecule has 0 amide bonds. The van der Waals surface area contributed by atoms with Gasteiger partial charge in [0.2, 0.25) is 0 Å². The van der Waals surface area contributed by atoms with Gasteiger partial charge in [0.25, 0.3) is 0 Å². The summed E-state index contributed by atoms with van der Waals surface area (Å²) >= 11 is 0. The van der Waals surface area contributed by atoms with Crippen LogP contribution in [0.4, 0.5) is 0 Å². The first kappa shape index (κ1) is 13.0. The van der Waals surface area contributed by atoms with E-state index in [1.807, 2.05) is 34.6 Å². The number of carbonyl (C=O) groups is 1. The summed E-state index contributed by atoms with van der Waals surface area (Å²) in [5, 5.41) is 13.0. The highest BCUT2D eigenvalue weighted by molar-refractivity contribution is 5.84. The highest BCUT2D eigenvalue weighted by Crippen LogP contribution is 2.60. The molecule has 92 valence electrons. The SMILES string of the molecule is C/C(CC1[C@@H](C(=O)O)C1(C)C)=N/OC(C)C. The minimum absolute atomic E-state index is 0.0671. The highest BCUT2D eigenvalue weighted by Gasteiger charge is 2.61. The minimum Gasteiger partial charge on any atom is -0.481 e. The molecule has 0 heterocycles. The Morgan fingerprint density at radius 3 is 2.44 bits per heavy atom. The van der Waals surface area contributed by atoms with Crippen molar-refractivity contribution >= 4 is 11.7 Å². The van der Waals surface area contributed by atoms with Crippen LogP contribution in [0.3, 0.4) is 0 Å². The zero-order valence-electron chi connectivity index (χ0n) is 10.7. The highest BCUT2D eigenvalue weighted by atomic mass is 16.6. The molecule has 4 heteroatoms. The molecule has 0 saturated heterocycles. The van der Waals surface area contributed by atoms with E-state index in [0.717, 1.165) is 5.71 Å². The number of carboxylic acid groups (broad SMARTS) is 1. The Bertz CT molecular complexity index is 307. The predicted molar refractivity (Wildman–Crippen MR) is 62.3 cm³/mol. The molecule has 1 N–H and O–H groups in total. The van der Waals surface area contributed by atoms with E-state index in [0.29, 0.717) is 6.42 Å². The molecule has 0 aromatic carbocycles. The van der Waals surface area contributed by atoms with Gasteiger partial charge in [-0.05, 0) is 38.5 Å². The lowest BCUT2D eigenvalue weighted by molar-refractivity contribution is -0.139. The summed E-state index contributed by atoms with van der Waals surface area (Å²) in [7, 11) is 0. The van der Waals surface area contributed by atoms with E-state index in [2.05, 4.69) is 5.16 Å². The molecule has 0 bridgehead atoms. The van der Waals surface area contributed by atoms with Crippen molar-refractivity contribution in [2.24, 2.45) is 22.4 Å². The van der Waals surface area contributed by atoms with Gasteiger partial charge < -0.3 is 9.94 Å². The Kier molecular flexibility index (Phi) is 3.61. The third-order valence-electron chi connectivity index (χ3n) is 3.25. The van der Waals surface area contributed by atoms with Crippen molar-refractivity contribution in [2.45, 2.75) is 47.1 Å². The van der Waals surface area contributed by atoms with Gasteiger partial charge in [-0.1, -0.05) is 19.0 Å². The summed E-state index contributed by atoms with van der Waals surface area (Å²) < 4.78 is 0. The Morgan fingerprint density at radius 2 is 2.06 bits per heavy atom. The molecule has 0 aromatic heterocycles. The number of nitrogens with zero attached hydrogens (tertiary/aromatic N) is 1. The number of carboxylic acids is 1. The van der Waals surface area contributed by atoms with Crippen LogP contribution in [0.2, 0.25) is 0 Å². The Balaban J connectivity index is 2.51. The lowest BCUT2D eigenvalue weighted by Gasteiger charge is -2.05. The Labute approximate surface area is 96.7 Å². The van der Waals surface area contributed by atoms with E-state index in [1.165, 1.54) is 0 Å². The normalized spacial score (nSPS) is 28.0. The van der Waals surface area contributed by atoms with E-state index >= 15 is 0 Å². The van der Waals surface area contributed by atoms with Crippen molar-refractivity contribution in [2.75, 3.05) is 0 Å². The van der Waals surface area contributed by atoms with Gasteiger partial charge in [0, 0.05) is 0 Å². The maximum Gasteiger partial charge on any atom is 0.307 e. The van der Waals surface area contributed by atoms with Gasteiger partial charge in [0.15, 0.2) is 0 Å². The van der Waals surface area contributed by atoms with E-state index in [-0.39, 0.29) is 23.4 Å². The summed E-state index contributed by atoms with van der Waals surface area (Å²) in [6, 6.07) is 0. The predicted octanol–water partition coefficient (Wildman–Crippen LogP) is 2.53. The molecule has 2 atom stereocenters. The molecule has 1 saturated carbocycles. The maximum atomic E-state index is 11.0. The molecule has 0 aromatic rings. The molecule has 4 nitrogen and oxygen atoms in total. The standard InChI is InChI=1S/C12H21NO3/c1-7(2)16-13-8(3)6-9-10(11(14)15)12(9,4)5/h7,9-10H,6H2,1-5H3,(H,14,15)/b13-8-/t9?,10-/m0/s1. The average Bonchev–Trinajstić information content (AvgIpc) is 2.64. The molecule has 1 rings (SSSR count). The summed E-state index contributed by atoms with van der Waals surface area (Å²) in [6.45, 7) is 9.70. The molecule has 0 spiro atoms. The van der Waals surface area contributed by atoms with Crippen molar-refractivity contribution in [3.8, 4) is 0 Å². The van der Waals surface area contributed by atoms with Crippen LogP contribution in [-0.4, -0.2) is 22.9 Å². The van der Waals surface area contributed by atoms with Gasteiger partial charge >= 0.3 is 5.97 Å². The minimum atomic E-state index is -0.701. The van der Waals surface area contributed by atoms with Crippen LogP contribution >= 0.6 is 0 Å². The van der Waals surface area contributed by atoms with Crippen molar-refractivity contribution in [1.82, 2.24) is 0 Å². The maximum absolute atomic E-state index is 11.0. The van der Waals surface area contributed by atoms with Crippen molar-refractivity contribution in [3.63, 3.8) is 0 Å². The number of hydrogen-bond donors (Lipinski definition) is 1. The number of hydrogen-bond acceptors (Lipinski definition) is 3. The van der Waals surface area contributed by atoms with Gasteiger partial charge in [-0.3, -0.25) is 4.79 Å². The first-order chi connectivity index (χ1) is 7.26. The van der Waals surface area contributed by atoms with E-state index in [9.17, 15) is 4.79 Å². The second-order valence-electron chi connectivity index (χ2n) is 5.43. The largest absolute Gasteiger partial charge is 0.481 e. The summed E-state index contributed by atoms with van der Waals surface area (Å²) in [5.74, 6) is -0.756.